The lowest BCUT2D eigenvalue weighted by molar-refractivity contribution is -0.119. The first-order chi connectivity index (χ1) is 8.13. The summed E-state index contributed by atoms with van der Waals surface area (Å²) in [6, 6.07) is -0.421. The monoisotopic (exact) mass is 262 g/mol. The maximum atomic E-state index is 11.3. The van der Waals surface area contributed by atoms with Gasteiger partial charge in [0.2, 0.25) is 5.91 Å². The predicted molar refractivity (Wildman–Crippen MR) is 70.2 cm³/mol. The molecule has 0 saturated carbocycles. The van der Waals surface area contributed by atoms with E-state index in [-0.39, 0.29) is 18.2 Å². The molecule has 4 nitrogen and oxygen atoms in total. The van der Waals surface area contributed by atoms with E-state index in [0.29, 0.717) is 12.5 Å². The van der Waals surface area contributed by atoms with Crippen molar-refractivity contribution in [2.24, 2.45) is 5.92 Å². The number of carbonyl (C=O) groups is 2. The van der Waals surface area contributed by atoms with Crippen molar-refractivity contribution in [2.75, 3.05) is 12.4 Å². The molecule has 0 saturated heterocycles. The van der Waals surface area contributed by atoms with Crippen molar-refractivity contribution in [3.63, 3.8) is 0 Å². The van der Waals surface area contributed by atoms with Gasteiger partial charge in [-0.05, 0) is 12.3 Å². The van der Waals surface area contributed by atoms with Crippen LogP contribution in [0.15, 0.2) is 0 Å². The fourth-order valence-electron chi connectivity index (χ4n) is 1.50. The third-order valence-electron chi connectivity index (χ3n) is 2.67. The first-order valence-corrected chi connectivity index (χ1v) is 6.81. The van der Waals surface area contributed by atoms with Crippen molar-refractivity contribution in [2.45, 2.75) is 46.0 Å². The number of alkyl halides is 1. The van der Waals surface area contributed by atoms with Gasteiger partial charge in [-0.15, -0.1) is 11.6 Å². The number of halogens is 1. The van der Waals surface area contributed by atoms with Crippen molar-refractivity contribution in [1.29, 1.82) is 0 Å². The van der Waals surface area contributed by atoms with E-state index in [2.05, 4.69) is 24.5 Å². The molecule has 0 aliphatic carbocycles. The second-order valence-corrected chi connectivity index (χ2v) is 4.49. The van der Waals surface area contributed by atoms with Crippen LogP contribution in [0.4, 0.5) is 4.79 Å². The lowest BCUT2D eigenvalue weighted by atomic mass is 9.99. The summed E-state index contributed by atoms with van der Waals surface area (Å²) in [5.41, 5.74) is 0. The third-order valence-corrected chi connectivity index (χ3v) is 2.86. The summed E-state index contributed by atoms with van der Waals surface area (Å²) in [6.07, 6.45) is 4.66. The first-order valence-electron chi connectivity index (χ1n) is 6.27. The molecule has 0 aliphatic heterocycles. The molecule has 0 aromatic heterocycles. The Morgan fingerprint density at radius 3 is 2.53 bits per heavy atom. The summed E-state index contributed by atoms with van der Waals surface area (Å²) in [6.45, 7) is 4.88. The lowest BCUT2D eigenvalue weighted by Gasteiger charge is -2.15. The smallest absolute Gasteiger partial charge is 0.321 e. The molecule has 1 unspecified atom stereocenters. The van der Waals surface area contributed by atoms with Gasteiger partial charge in [-0.2, -0.15) is 0 Å². The highest BCUT2D eigenvalue weighted by atomic mass is 35.5. The standard InChI is InChI=1S/C12H23ClN2O2/c1-3-5-6-10(4-2)9-14-12(17)15-11(16)7-8-13/h10H,3-9H2,1-2H3,(H2,14,15,16,17). The van der Waals surface area contributed by atoms with Crippen LogP contribution in [-0.4, -0.2) is 24.4 Å². The maximum Gasteiger partial charge on any atom is 0.321 e. The van der Waals surface area contributed by atoms with Crippen LogP contribution in [-0.2, 0) is 4.79 Å². The van der Waals surface area contributed by atoms with Gasteiger partial charge in [-0.1, -0.05) is 33.1 Å². The van der Waals surface area contributed by atoms with Gasteiger partial charge in [0.1, 0.15) is 0 Å². The van der Waals surface area contributed by atoms with E-state index in [9.17, 15) is 9.59 Å². The number of rotatable bonds is 8. The number of hydrogen-bond acceptors (Lipinski definition) is 2. The number of imide groups is 1. The fourth-order valence-corrected chi connectivity index (χ4v) is 1.67. The van der Waals surface area contributed by atoms with E-state index in [1.54, 1.807) is 0 Å². The molecule has 0 bridgehead atoms. The molecule has 0 heterocycles. The second-order valence-electron chi connectivity index (χ2n) is 4.11. The zero-order valence-corrected chi connectivity index (χ0v) is 11.5. The minimum absolute atomic E-state index is 0.169. The van der Waals surface area contributed by atoms with Gasteiger partial charge in [0, 0.05) is 18.8 Å². The minimum atomic E-state index is -0.421. The molecule has 0 aromatic carbocycles. The molecule has 3 amide bonds. The van der Waals surface area contributed by atoms with Crippen LogP contribution in [0.25, 0.3) is 0 Å². The summed E-state index contributed by atoms with van der Waals surface area (Å²) >= 11 is 5.39. The number of amides is 3. The van der Waals surface area contributed by atoms with Crippen molar-refractivity contribution in [1.82, 2.24) is 10.6 Å². The Balaban J connectivity index is 3.76. The molecule has 1 atom stereocenters. The van der Waals surface area contributed by atoms with Crippen LogP contribution in [0.5, 0.6) is 0 Å². The third kappa shape index (κ3) is 8.98. The zero-order valence-electron chi connectivity index (χ0n) is 10.7. The molecule has 2 N–H and O–H groups in total. The van der Waals surface area contributed by atoms with Gasteiger partial charge in [-0.3, -0.25) is 10.1 Å². The second kappa shape index (κ2) is 10.4. The van der Waals surface area contributed by atoms with Gasteiger partial charge in [-0.25, -0.2) is 4.79 Å². The molecule has 0 radical (unpaired) electrons. The topological polar surface area (TPSA) is 58.2 Å². The van der Waals surface area contributed by atoms with Crippen LogP contribution in [0, 0.1) is 5.92 Å². The summed E-state index contributed by atoms with van der Waals surface area (Å²) in [5, 5.41) is 4.96. The molecular formula is C12H23ClN2O2. The van der Waals surface area contributed by atoms with Crippen LogP contribution in [0.2, 0.25) is 0 Å². The number of unbranched alkanes of at least 4 members (excludes halogenated alkanes) is 1. The Kier molecular flexibility index (Phi) is 9.92. The van der Waals surface area contributed by atoms with Crippen molar-refractivity contribution in [3.05, 3.63) is 0 Å². The summed E-state index contributed by atoms with van der Waals surface area (Å²) in [5.74, 6) is 0.385. The zero-order chi connectivity index (χ0) is 13.1. The molecule has 0 fully saturated rings. The van der Waals surface area contributed by atoms with Gasteiger partial charge in [0.05, 0.1) is 0 Å². The molecule has 5 heteroatoms. The number of urea groups is 1. The van der Waals surface area contributed by atoms with E-state index in [1.165, 1.54) is 6.42 Å². The van der Waals surface area contributed by atoms with E-state index >= 15 is 0 Å². The van der Waals surface area contributed by atoms with Gasteiger partial charge < -0.3 is 5.32 Å². The first kappa shape index (κ1) is 16.2. The molecule has 100 valence electrons. The average molecular weight is 263 g/mol. The van der Waals surface area contributed by atoms with E-state index < -0.39 is 6.03 Å². The van der Waals surface area contributed by atoms with E-state index in [1.807, 2.05) is 0 Å². The van der Waals surface area contributed by atoms with Gasteiger partial charge >= 0.3 is 6.03 Å². The summed E-state index contributed by atoms with van der Waals surface area (Å²) in [7, 11) is 0. The summed E-state index contributed by atoms with van der Waals surface area (Å²) in [4.78, 5) is 22.4. The fraction of sp³-hybridized carbons (Fsp3) is 0.833. The largest absolute Gasteiger partial charge is 0.338 e. The normalized spacial score (nSPS) is 11.9. The predicted octanol–water partition coefficient (Wildman–Crippen LogP) is 2.66. The number of hydrogen-bond donors (Lipinski definition) is 2. The highest BCUT2D eigenvalue weighted by Gasteiger charge is 2.10. The number of nitrogens with one attached hydrogen (secondary N) is 2. The molecule has 0 aliphatic rings. The average Bonchev–Trinajstić information content (AvgIpc) is 2.29. The number of carbonyl (C=O) groups excluding carboxylic acids is 2. The van der Waals surface area contributed by atoms with Crippen LogP contribution >= 0.6 is 11.6 Å². The molecule has 17 heavy (non-hydrogen) atoms. The Morgan fingerprint density at radius 2 is 2.00 bits per heavy atom. The lowest BCUT2D eigenvalue weighted by Crippen LogP contribution is -2.41. The van der Waals surface area contributed by atoms with Crippen molar-refractivity contribution in [3.8, 4) is 0 Å². The van der Waals surface area contributed by atoms with Crippen molar-refractivity contribution >= 4 is 23.5 Å². The van der Waals surface area contributed by atoms with Gasteiger partial charge in [0.15, 0.2) is 0 Å². The highest BCUT2D eigenvalue weighted by molar-refractivity contribution is 6.19. The Morgan fingerprint density at radius 1 is 1.29 bits per heavy atom. The van der Waals surface area contributed by atoms with Crippen LogP contribution in [0.3, 0.4) is 0 Å². The quantitative estimate of drug-likeness (QED) is 0.661. The molecule has 0 rings (SSSR count). The molecule has 0 spiro atoms. The van der Waals surface area contributed by atoms with Gasteiger partial charge in [0.25, 0.3) is 0 Å². The van der Waals surface area contributed by atoms with E-state index in [0.717, 1.165) is 19.3 Å². The molecular weight excluding hydrogens is 240 g/mol. The SMILES string of the molecule is CCCCC(CC)CNC(=O)NC(=O)CCCl. The van der Waals surface area contributed by atoms with Crippen LogP contribution < -0.4 is 10.6 Å². The van der Waals surface area contributed by atoms with Crippen molar-refractivity contribution < 1.29 is 9.59 Å². The van der Waals surface area contributed by atoms with E-state index in [4.69, 9.17) is 11.6 Å². The highest BCUT2D eigenvalue weighted by Crippen LogP contribution is 2.10. The summed E-state index contributed by atoms with van der Waals surface area (Å²) < 4.78 is 0. The Labute approximate surface area is 108 Å². The Bertz CT molecular complexity index is 235. The van der Waals surface area contributed by atoms with Crippen LogP contribution in [0.1, 0.15) is 46.0 Å². The minimum Gasteiger partial charge on any atom is -0.338 e. The molecule has 0 aromatic rings. The Hall–Kier alpha value is -0.770. The maximum absolute atomic E-state index is 11.3.